The predicted octanol–water partition coefficient (Wildman–Crippen LogP) is 4.66. The lowest BCUT2D eigenvalue weighted by atomic mass is 10.1. The van der Waals surface area contributed by atoms with Gasteiger partial charge >= 0.3 is 0 Å². The number of fused-ring (bicyclic) bond motifs is 1. The fourth-order valence-electron chi connectivity index (χ4n) is 3.46. The Morgan fingerprint density at radius 1 is 1.39 bits per heavy atom. The summed E-state index contributed by atoms with van der Waals surface area (Å²) in [6, 6.07) is 0.216. The Kier molecular flexibility index (Phi) is 3.85. The summed E-state index contributed by atoms with van der Waals surface area (Å²) in [6.45, 7) is 0. The molecule has 0 bridgehead atoms. The van der Waals surface area contributed by atoms with E-state index >= 15 is 0 Å². The van der Waals surface area contributed by atoms with Crippen molar-refractivity contribution in [1.82, 2.24) is 9.97 Å². The van der Waals surface area contributed by atoms with Gasteiger partial charge in [0.05, 0.1) is 15.9 Å². The summed E-state index contributed by atoms with van der Waals surface area (Å²) < 4.78 is 21.1. The molecule has 1 saturated carbocycles. The van der Waals surface area contributed by atoms with Crippen LogP contribution in [0.15, 0.2) is 9.63 Å². The molecule has 1 aromatic heterocycles. The quantitative estimate of drug-likeness (QED) is 0.383. The number of ether oxygens (including phenoxy) is 1. The van der Waals surface area contributed by atoms with Crippen molar-refractivity contribution in [1.29, 1.82) is 0 Å². The number of anilines is 1. The molecule has 122 valence electrons. The van der Waals surface area contributed by atoms with Crippen LogP contribution in [0.2, 0.25) is 5.02 Å². The van der Waals surface area contributed by atoms with Crippen LogP contribution in [0.3, 0.4) is 0 Å². The van der Waals surface area contributed by atoms with Crippen LogP contribution in [0.5, 0.6) is 5.75 Å². The highest BCUT2D eigenvalue weighted by Gasteiger charge is 2.39. The van der Waals surface area contributed by atoms with Crippen molar-refractivity contribution in [2.24, 2.45) is 0 Å². The van der Waals surface area contributed by atoms with Crippen molar-refractivity contribution < 1.29 is 9.13 Å². The smallest absolute Gasteiger partial charge is 0.189 e. The van der Waals surface area contributed by atoms with Crippen LogP contribution in [0.1, 0.15) is 19.3 Å². The summed E-state index contributed by atoms with van der Waals surface area (Å²) >= 11 is 11.0. The molecule has 2 unspecified atom stereocenters. The van der Waals surface area contributed by atoms with E-state index in [1.54, 1.807) is 0 Å². The second kappa shape index (κ2) is 5.63. The fraction of sp³-hybridized carbons (Fsp3) is 0.467. The molecule has 1 fully saturated rings. The Balaban J connectivity index is 2.11. The molecule has 2 aromatic rings. The van der Waals surface area contributed by atoms with Gasteiger partial charge in [-0.2, -0.15) is 0 Å². The third kappa shape index (κ3) is 2.23. The average molecular weight is 419 g/mol. The number of halogens is 3. The van der Waals surface area contributed by atoms with E-state index in [0.29, 0.717) is 22.1 Å². The van der Waals surface area contributed by atoms with Gasteiger partial charge in [0, 0.05) is 7.05 Å². The van der Waals surface area contributed by atoms with E-state index in [-0.39, 0.29) is 27.2 Å². The van der Waals surface area contributed by atoms with Crippen molar-refractivity contribution >= 4 is 56.0 Å². The molecule has 8 heteroatoms. The molecule has 4 rings (SSSR count). The second-order valence-corrected chi connectivity index (χ2v) is 7.74. The van der Waals surface area contributed by atoms with Gasteiger partial charge in [0.2, 0.25) is 0 Å². The second-order valence-electron chi connectivity index (χ2n) is 5.79. The van der Waals surface area contributed by atoms with Gasteiger partial charge in [0.25, 0.3) is 0 Å². The van der Waals surface area contributed by atoms with Crippen LogP contribution in [0.4, 0.5) is 10.2 Å². The first kappa shape index (κ1) is 15.7. The molecule has 2 atom stereocenters. The van der Waals surface area contributed by atoms with Crippen LogP contribution in [0, 0.1) is 5.82 Å². The monoisotopic (exact) mass is 417 g/mol. The van der Waals surface area contributed by atoms with Gasteiger partial charge in [-0.25, -0.2) is 14.4 Å². The van der Waals surface area contributed by atoms with Gasteiger partial charge in [-0.05, 0) is 41.4 Å². The Labute approximate surface area is 150 Å². The topological polar surface area (TPSA) is 38.3 Å². The summed E-state index contributed by atoms with van der Waals surface area (Å²) in [5.41, 5.74) is 0.248. The minimum absolute atomic E-state index is 0.0324. The third-order valence-corrected chi connectivity index (χ3v) is 6.47. The van der Waals surface area contributed by atoms with Gasteiger partial charge in [0.15, 0.2) is 16.7 Å². The lowest BCUT2D eigenvalue weighted by Crippen LogP contribution is -2.39. The molecule has 1 aliphatic carbocycles. The highest BCUT2D eigenvalue weighted by molar-refractivity contribution is 9.10. The molecule has 0 amide bonds. The summed E-state index contributed by atoms with van der Waals surface area (Å²) in [5, 5.41) is 1.35. The van der Waals surface area contributed by atoms with Crippen molar-refractivity contribution in [3.8, 4) is 5.75 Å². The molecule has 1 aromatic carbocycles. The zero-order valence-electron chi connectivity index (χ0n) is 12.6. The van der Waals surface area contributed by atoms with E-state index in [1.807, 2.05) is 13.3 Å². The Morgan fingerprint density at radius 3 is 2.91 bits per heavy atom. The molecule has 1 aliphatic heterocycles. The maximum Gasteiger partial charge on any atom is 0.189 e. The van der Waals surface area contributed by atoms with Crippen molar-refractivity contribution in [2.45, 2.75) is 36.6 Å². The van der Waals surface area contributed by atoms with Gasteiger partial charge in [-0.3, -0.25) is 0 Å². The summed E-state index contributed by atoms with van der Waals surface area (Å²) in [7, 11) is 1.99. The van der Waals surface area contributed by atoms with Crippen molar-refractivity contribution in [3.63, 3.8) is 0 Å². The Bertz CT molecular complexity index is 821. The summed E-state index contributed by atoms with van der Waals surface area (Å²) in [4.78, 5) is 11.1. The van der Waals surface area contributed by atoms with Crippen molar-refractivity contribution in [3.05, 3.63) is 15.3 Å². The lowest BCUT2D eigenvalue weighted by molar-refractivity contribution is 0.195. The highest BCUT2D eigenvalue weighted by atomic mass is 79.9. The molecule has 0 spiro atoms. The number of benzene rings is 1. The van der Waals surface area contributed by atoms with E-state index in [2.05, 4.69) is 30.8 Å². The number of aromatic nitrogens is 2. The predicted molar refractivity (Wildman–Crippen MR) is 94.4 cm³/mol. The van der Waals surface area contributed by atoms with Crippen LogP contribution in [-0.2, 0) is 0 Å². The van der Waals surface area contributed by atoms with Crippen LogP contribution < -0.4 is 9.64 Å². The number of hydrogen-bond donors (Lipinski definition) is 0. The third-order valence-electron chi connectivity index (χ3n) is 4.59. The van der Waals surface area contributed by atoms with Gasteiger partial charge in [-0.15, -0.1) is 0 Å². The maximum absolute atomic E-state index is 14.7. The summed E-state index contributed by atoms with van der Waals surface area (Å²) in [6.07, 6.45) is 4.99. The van der Waals surface area contributed by atoms with Crippen LogP contribution >= 0.6 is 39.3 Å². The van der Waals surface area contributed by atoms with Crippen LogP contribution in [-0.4, -0.2) is 35.4 Å². The standard InChI is InChI=1S/C15H14BrClFN3OS/c1-21-6-4-3-5-7(6)22-13-8-12(11(18)9(16)10(13)17)19-15(23-2)20-14(8)21/h6-7H,3-5H2,1-2H3. The summed E-state index contributed by atoms with van der Waals surface area (Å²) in [5.74, 6) is 0.702. The lowest BCUT2D eigenvalue weighted by Gasteiger charge is -2.27. The van der Waals surface area contributed by atoms with Crippen molar-refractivity contribution in [2.75, 3.05) is 18.2 Å². The van der Waals surface area contributed by atoms with E-state index in [9.17, 15) is 4.39 Å². The van der Waals surface area contributed by atoms with Gasteiger partial charge in [-0.1, -0.05) is 23.4 Å². The molecule has 0 saturated heterocycles. The largest absolute Gasteiger partial charge is 0.486 e. The number of rotatable bonds is 1. The molecular formula is C15H14BrClFN3OS. The molecule has 0 N–H and O–H groups in total. The van der Waals surface area contributed by atoms with Gasteiger partial charge in [0.1, 0.15) is 22.5 Å². The maximum atomic E-state index is 14.7. The first-order valence-corrected chi connectivity index (χ1v) is 9.74. The SMILES string of the molecule is CSc1nc2c3c(c(Cl)c(Br)c(F)c3n1)OC1CCCC1N2C. The average Bonchev–Trinajstić information content (AvgIpc) is 2.99. The minimum atomic E-state index is -0.475. The zero-order chi connectivity index (χ0) is 16.3. The van der Waals surface area contributed by atoms with E-state index in [1.165, 1.54) is 11.8 Å². The number of likely N-dealkylation sites (N-methyl/N-ethyl adjacent to an activating group) is 1. The first-order chi connectivity index (χ1) is 11.0. The fourth-order valence-corrected chi connectivity index (χ4v) is 4.41. The van der Waals surface area contributed by atoms with Gasteiger partial charge < -0.3 is 9.64 Å². The molecule has 23 heavy (non-hydrogen) atoms. The molecule has 2 heterocycles. The molecule has 2 aliphatic rings. The van der Waals surface area contributed by atoms with E-state index in [0.717, 1.165) is 19.3 Å². The van der Waals surface area contributed by atoms with Crippen LogP contribution in [0.25, 0.3) is 10.9 Å². The Morgan fingerprint density at radius 2 is 2.17 bits per heavy atom. The molecule has 0 radical (unpaired) electrons. The Hall–Kier alpha value is -0.790. The first-order valence-electron chi connectivity index (χ1n) is 7.34. The normalized spacial score (nSPS) is 22.9. The number of thioether (sulfide) groups is 1. The zero-order valence-corrected chi connectivity index (χ0v) is 15.7. The van der Waals surface area contributed by atoms with E-state index < -0.39 is 5.82 Å². The molecular weight excluding hydrogens is 405 g/mol. The number of hydrogen-bond acceptors (Lipinski definition) is 5. The molecule has 4 nitrogen and oxygen atoms in total. The minimum Gasteiger partial charge on any atom is -0.486 e. The van der Waals surface area contributed by atoms with E-state index in [4.69, 9.17) is 16.3 Å². The number of nitrogens with zero attached hydrogens (tertiary/aromatic N) is 3. The highest BCUT2D eigenvalue weighted by Crippen LogP contribution is 2.48.